The van der Waals surface area contributed by atoms with Crippen molar-refractivity contribution < 1.29 is 31.1 Å². The molecule has 2 bridgehead atoms. The van der Waals surface area contributed by atoms with Crippen molar-refractivity contribution in [2.75, 3.05) is 24.9 Å². The minimum absolute atomic E-state index is 0.0172. The van der Waals surface area contributed by atoms with Crippen LogP contribution in [0.3, 0.4) is 0 Å². The highest BCUT2D eigenvalue weighted by Gasteiger charge is 2.37. The smallest absolute Gasteiger partial charge is 0.416 e. The third-order valence-electron chi connectivity index (χ3n) is 6.94. The number of nitrogens with one attached hydrogen (secondary N) is 1. The predicted octanol–water partition coefficient (Wildman–Crippen LogP) is 3.94. The Bertz CT molecular complexity index is 1550. The van der Waals surface area contributed by atoms with Crippen molar-refractivity contribution in [3.05, 3.63) is 87.8 Å². The molecule has 0 unspecified atom stereocenters. The SMILES string of the molecule is COc1ccc(C(=O)N2C[C@@H]3C[C@H](C2)c2ccc(NS(=O)(=O)c4cccc(C(F)(F)F)c4)c(=O)n2C3)cc1. The van der Waals surface area contributed by atoms with Crippen LogP contribution in [-0.2, 0) is 22.7 Å². The number of carbonyl (C=O) groups excluding carboxylic acids is 1. The Balaban J connectivity index is 1.38. The lowest BCUT2D eigenvalue weighted by Gasteiger charge is -2.43. The third-order valence-corrected chi connectivity index (χ3v) is 8.31. The van der Waals surface area contributed by atoms with Crippen molar-refractivity contribution >= 4 is 21.6 Å². The fourth-order valence-electron chi connectivity index (χ4n) is 5.15. The molecule has 38 heavy (non-hydrogen) atoms. The number of piperidine rings is 1. The number of fused-ring (bicyclic) bond motifs is 4. The van der Waals surface area contributed by atoms with Crippen LogP contribution in [-0.4, -0.2) is 44.0 Å². The maximum atomic E-state index is 13.2. The van der Waals surface area contributed by atoms with Gasteiger partial charge >= 0.3 is 6.18 Å². The van der Waals surface area contributed by atoms with E-state index < -0.39 is 32.2 Å². The van der Waals surface area contributed by atoms with E-state index in [9.17, 15) is 31.2 Å². The van der Waals surface area contributed by atoms with E-state index in [0.717, 1.165) is 24.6 Å². The van der Waals surface area contributed by atoms with Crippen LogP contribution < -0.4 is 15.0 Å². The van der Waals surface area contributed by atoms with Crippen LogP contribution in [0, 0.1) is 5.92 Å². The van der Waals surface area contributed by atoms with Gasteiger partial charge < -0.3 is 14.2 Å². The van der Waals surface area contributed by atoms with Gasteiger partial charge in [-0.25, -0.2) is 8.42 Å². The maximum Gasteiger partial charge on any atom is 0.416 e. The number of rotatable bonds is 5. The molecule has 2 aromatic carbocycles. The summed E-state index contributed by atoms with van der Waals surface area (Å²) in [6.45, 7) is 1.12. The Morgan fingerprint density at radius 1 is 1.03 bits per heavy atom. The largest absolute Gasteiger partial charge is 0.497 e. The van der Waals surface area contributed by atoms with Crippen molar-refractivity contribution in [3.8, 4) is 5.75 Å². The van der Waals surface area contributed by atoms with E-state index in [1.807, 2.05) is 0 Å². The molecule has 8 nitrogen and oxygen atoms in total. The second-order valence-corrected chi connectivity index (χ2v) is 11.1. The highest BCUT2D eigenvalue weighted by Crippen LogP contribution is 2.36. The number of hydrogen-bond donors (Lipinski definition) is 1. The summed E-state index contributed by atoms with van der Waals surface area (Å²) in [4.78, 5) is 27.5. The molecule has 12 heteroatoms. The number of carbonyl (C=O) groups is 1. The van der Waals surface area contributed by atoms with Gasteiger partial charge in [-0.3, -0.25) is 14.3 Å². The number of alkyl halides is 3. The van der Waals surface area contributed by atoms with Crippen LogP contribution in [0.5, 0.6) is 5.75 Å². The Hall–Kier alpha value is -3.80. The van der Waals surface area contributed by atoms with E-state index in [1.165, 1.54) is 10.6 Å². The lowest BCUT2D eigenvalue weighted by molar-refractivity contribution is -0.137. The molecule has 1 fully saturated rings. The maximum absolute atomic E-state index is 13.2. The Morgan fingerprint density at radius 2 is 1.76 bits per heavy atom. The third kappa shape index (κ3) is 4.87. The topological polar surface area (TPSA) is 97.7 Å². The van der Waals surface area contributed by atoms with Crippen molar-refractivity contribution in [2.45, 2.75) is 30.0 Å². The minimum atomic E-state index is -4.71. The Morgan fingerprint density at radius 3 is 2.45 bits per heavy atom. The van der Waals surface area contributed by atoms with Gasteiger partial charge in [0.25, 0.3) is 21.5 Å². The first-order valence-electron chi connectivity index (χ1n) is 11.8. The molecule has 5 rings (SSSR count). The van der Waals surface area contributed by atoms with Gasteiger partial charge in [0.1, 0.15) is 11.4 Å². The van der Waals surface area contributed by atoms with Crippen molar-refractivity contribution in [1.29, 1.82) is 0 Å². The first-order chi connectivity index (χ1) is 18.0. The van der Waals surface area contributed by atoms with Gasteiger partial charge in [-0.1, -0.05) is 6.07 Å². The predicted molar refractivity (Wildman–Crippen MR) is 133 cm³/mol. The van der Waals surface area contributed by atoms with Crippen LogP contribution in [0.2, 0.25) is 0 Å². The Kier molecular flexibility index (Phi) is 6.46. The van der Waals surface area contributed by atoms with Crippen LogP contribution >= 0.6 is 0 Å². The first-order valence-corrected chi connectivity index (χ1v) is 13.3. The normalized spacial score (nSPS) is 19.0. The molecule has 1 amide bonds. The van der Waals surface area contributed by atoms with E-state index in [-0.39, 0.29) is 30.0 Å². The number of ether oxygens (including phenoxy) is 1. The summed E-state index contributed by atoms with van der Waals surface area (Å²) >= 11 is 0. The van der Waals surface area contributed by atoms with Gasteiger partial charge in [-0.2, -0.15) is 13.2 Å². The molecule has 2 atom stereocenters. The average Bonchev–Trinajstić information content (AvgIpc) is 2.89. The van der Waals surface area contributed by atoms with Crippen LogP contribution in [0.1, 0.15) is 34.0 Å². The lowest BCUT2D eigenvalue weighted by atomic mass is 9.83. The summed E-state index contributed by atoms with van der Waals surface area (Å²) in [5.41, 5.74) is -0.730. The molecule has 2 aliphatic rings. The molecule has 0 radical (unpaired) electrons. The van der Waals surface area contributed by atoms with E-state index >= 15 is 0 Å². The summed E-state index contributed by atoms with van der Waals surface area (Å²) in [5, 5.41) is 0. The molecule has 0 aliphatic carbocycles. The second-order valence-electron chi connectivity index (χ2n) is 9.46. The molecule has 0 spiro atoms. The molecule has 3 heterocycles. The van der Waals surface area contributed by atoms with Gasteiger partial charge in [0.05, 0.1) is 17.6 Å². The van der Waals surface area contributed by atoms with Gasteiger partial charge in [0, 0.05) is 36.8 Å². The number of hydrogen-bond acceptors (Lipinski definition) is 5. The molecule has 0 saturated carbocycles. The molecule has 2 aliphatic heterocycles. The van der Waals surface area contributed by atoms with E-state index in [0.29, 0.717) is 36.2 Å². The quantitative estimate of drug-likeness (QED) is 0.522. The highest BCUT2D eigenvalue weighted by atomic mass is 32.2. The summed E-state index contributed by atoms with van der Waals surface area (Å²) in [6, 6.07) is 13.1. The van der Waals surface area contributed by atoms with Crippen LogP contribution in [0.15, 0.2) is 70.4 Å². The van der Waals surface area contributed by atoms with Gasteiger partial charge in [0.2, 0.25) is 0 Å². The van der Waals surface area contributed by atoms with Crippen LogP contribution in [0.4, 0.5) is 18.9 Å². The van der Waals surface area contributed by atoms with Gasteiger partial charge in [0.15, 0.2) is 0 Å². The summed E-state index contributed by atoms with van der Waals surface area (Å²) in [5.74, 6) is 0.386. The van der Waals surface area contributed by atoms with Crippen molar-refractivity contribution in [3.63, 3.8) is 0 Å². The number of sulfonamides is 1. The van der Waals surface area contributed by atoms with Gasteiger partial charge in [-0.05, 0) is 66.9 Å². The zero-order chi connectivity index (χ0) is 27.2. The molecule has 1 N–H and O–H groups in total. The molecule has 1 aromatic heterocycles. The zero-order valence-corrected chi connectivity index (χ0v) is 21.1. The van der Waals surface area contributed by atoms with Gasteiger partial charge in [-0.15, -0.1) is 0 Å². The van der Waals surface area contributed by atoms with Crippen LogP contribution in [0.25, 0.3) is 0 Å². The molecule has 1 saturated heterocycles. The number of halogens is 3. The number of likely N-dealkylation sites (tertiary alicyclic amines) is 1. The standard InChI is InChI=1S/C26H24F3N3O5S/c1-37-20-7-5-17(6-8-20)24(33)31-13-16-11-18(15-31)23-10-9-22(25(34)32(23)14-16)30-38(35,36)21-4-2-3-19(12-21)26(27,28)29/h2-10,12,16,18,30H,11,13-15H2,1H3/t16-,18+/m0/s1. The van der Waals surface area contributed by atoms with E-state index in [1.54, 1.807) is 42.3 Å². The average molecular weight is 548 g/mol. The summed E-state index contributed by atoms with van der Waals surface area (Å²) < 4.78 is 73.6. The van der Waals surface area contributed by atoms with E-state index in [2.05, 4.69) is 4.72 Å². The van der Waals surface area contributed by atoms with Crippen molar-refractivity contribution in [1.82, 2.24) is 9.47 Å². The molecule has 200 valence electrons. The highest BCUT2D eigenvalue weighted by molar-refractivity contribution is 7.92. The summed E-state index contributed by atoms with van der Waals surface area (Å²) in [6.07, 6.45) is -3.93. The summed E-state index contributed by atoms with van der Waals surface area (Å²) in [7, 11) is -2.90. The fraction of sp³-hybridized carbons (Fsp3) is 0.308. The van der Waals surface area contributed by atoms with Crippen molar-refractivity contribution in [2.24, 2.45) is 5.92 Å². The number of amides is 1. The minimum Gasteiger partial charge on any atom is -0.497 e. The number of nitrogens with zero attached hydrogens (tertiary/aromatic N) is 2. The fourth-order valence-corrected chi connectivity index (χ4v) is 6.25. The zero-order valence-electron chi connectivity index (χ0n) is 20.2. The second kappa shape index (κ2) is 9.50. The molecule has 3 aromatic rings. The Labute approximate surface area is 216 Å². The first kappa shape index (κ1) is 25.8. The lowest BCUT2D eigenvalue weighted by Crippen LogP contribution is -2.49. The number of anilines is 1. The monoisotopic (exact) mass is 547 g/mol. The number of aromatic nitrogens is 1. The number of benzene rings is 2. The van der Waals surface area contributed by atoms with E-state index in [4.69, 9.17) is 4.74 Å². The number of methoxy groups -OCH3 is 1. The number of pyridine rings is 1. The molecular weight excluding hydrogens is 523 g/mol. The molecular formula is C26H24F3N3O5S.